The lowest BCUT2D eigenvalue weighted by Crippen LogP contribution is -2.43. The normalized spacial score (nSPS) is 17.2. The van der Waals surface area contributed by atoms with Crippen LogP contribution in [0, 0.1) is 0 Å². The molecule has 1 fully saturated rings. The predicted molar refractivity (Wildman–Crippen MR) is 113 cm³/mol. The molecule has 8 nitrogen and oxygen atoms in total. The van der Waals surface area contributed by atoms with Gasteiger partial charge in [0.1, 0.15) is 11.5 Å². The highest BCUT2D eigenvalue weighted by Gasteiger charge is 2.20. The first-order valence-electron chi connectivity index (χ1n) is 9.88. The van der Waals surface area contributed by atoms with Gasteiger partial charge in [0.25, 0.3) is 0 Å². The molecule has 5 heterocycles. The molecule has 5 rings (SSSR count). The molecule has 148 valence electrons. The molecule has 0 aliphatic carbocycles. The third kappa shape index (κ3) is 3.25. The molecule has 8 heteroatoms. The number of pyridine rings is 2. The van der Waals surface area contributed by atoms with Crippen LogP contribution in [0.15, 0.2) is 42.9 Å². The smallest absolute Gasteiger partial charge is 0.129 e. The van der Waals surface area contributed by atoms with Crippen LogP contribution in [-0.4, -0.2) is 48.7 Å². The third-order valence-electron chi connectivity index (χ3n) is 5.50. The number of hydrogen-bond donors (Lipinski definition) is 1. The van der Waals surface area contributed by atoms with Crippen LogP contribution in [0.3, 0.4) is 0 Å². The van der Waals surface area contributed by atoms with Crippen molar-refractivity contribution < 1.29 is 0 Å². The summed E-state index contributed by atoms with van der Waals surface area (Å²) in [5.74, 6) is 0.956. The Hall–Kier alpha value is -3.26. The highest BCUT2D eigenvalue weighted by Crippen LogP contribution is 2.30. The van der Waals surface area contributed by atoms with Gasteiger partial charge in [-0.2, -0.15) is 10.2 Å². The minimum absolute atomic E-state index is 0.206. The summed E-state index contributed by atoms with van der Waals surface area (Å²) in [6, 6.07) is 8.38. The SMILES string of the molecule is Cn1cc(-c2cc3c(-c4cccc(N5CCC[C@H](N)C5)n4)nn(C)c3cn2)cn1. The van der Waals surface area contributed by atoms with E-state index in [1.807, 2.05) is 49.5 Å². The molecule has 0 unspecified atom stereocenters. The van der Waals surface area contributed by atoms with Crippen molar-refractivity contribution in [1.82, 2.24) is 29.5 Å². The molecular formula is C21H24N8. The van der Waals surface area contributed by atoms with Gasteiger partial charge >= 0.3 is 0 Å². The second-order valence-electron chi connectivity index (χ2n) is 7.69. The van der Waals surface area contributed by atoms with E-state index in [-0.39, 0.29) is 6.04 Å². The number of hydrogen-bond acceptors (Lipinski definition) is 6. The Morgan fingerprint density at radius 3 is 2.83 bits per heavy atom. The van der Waals surface area contributed by atoms with Gasteiger partial charge in [0.05, 0.1) is 29.3 Å². The third-order valence-corrected chi connectivity index (χ3v) is 5.50. The number of nitrogens with two attached hydrogens (primary N) is 1. The van der Waals surface area contributed by atoms with Crippen molar-refractivity contribution in [1.29, 1.82) is 0 Å². The number of aromatic nitrogens is 6. The highest BCUT2D eigenvalue weighted by molar-refractivity contribution is 5.94. The maximum atomic E-state index is 6.16. The number of rotatable bonds is 3. The Bertz CT molecular complexity index is 1170. The maximum Gasteiger partial charge on any atom is 0.129 e. The summed E-state index contributed by atoms with van der Waals surface area (Å²) in [5, 5.41) is 10.0. The van der Waals surface area contributed by atoms with Crippen LogP contribution in [-0.2, 0) is 14.1 Å². The monoisotopic (exact) mass is 388 g/mol. The number of anilines is 1. The minimum atomic E-state index is 0.206. The molecular weight excluding hydrogens is 364 g/mol. The molecule has 2 N–H and O–H groups in total. The fourth-order valence-corrected chi connectivity index (χ4v) is 4.00. The van der Waals surface area contributed by atoms with Crippen LogP contribution in [0.5, 0.6) is 0 Å². The highest BCUT2D eigenvalue weighted by atomic mass is 15.3. The Morgan fingerprint density at radius 2 is 2.03 bits per heavy atom. The lowest BCUT2D eigenvalue weighted by Gasteiger charge is -2.31. The minimum Gasteiger partial charge on any atom is -0.355 e. The summed E-state index contributed by atoms with van der Waals surface area (Å²) in [6.45, 7) is 1.83. The Kier molecular flexibility index (Phi) is 4.28. The zero-order valence-electron chi connectivity index (χ0n) is 16.7. The van der Waals surface area contributed by atoms with Crippen LogP contribution < -0.4 is 10.6 Å². The van der Waals surface area contributed by atoms with Crippen LogP contribution in [0.4, 0.5) is 5.82 Å². The zero-order chi connectivity index (χ0) is 20.0. The lowest BCUT2D eigenvalue weighted by atomic mass is 10.1. The van der Waals surface area contributed by atoms with E-state index >= 15 is 0 Å². The van der Waals surface area contributed by atoms with Crippen molar-refractivity contribution in [2.45, 2.75) is 18.9 Å². The molecule has 1 aliphatic rings. The van der Waals surface area contributed by atoms with Crippen molar-refractivity contribution in [2.24, 2.45) is 19.8 Å². The van der Waals surface area contributed by atoms with E-state index < -0.39 is 0 Å². The Labute approximate surface area is 169 Å². The van der Waals surface area contributed by atoms with Gasteiger partial charge in [-0.1, -0.05) is 6.07 Å². The predicted octanol–water partition coefficient (Wildman–Crippen LogP) is 2.36. The van der Waals surface area contributed by atoms with Crippen molar-refractivity contribution in [3.8, 4) is 22.6 Å². The average Bonchev–Trinajstić information content (AvgIpc) is 3.31. The molecule has 0 saturated carbocycles. The molecule has 0 radical (unpaired) electrons. The summed E-state index contributed by atoms with van der Waals surface area (Å²) in [7, 11) is 3.84. The van der Waals surface area contributed by atoms with Gasteiger partial charge in [-0.05, 0) is 31.0 Å². The lowest BCUT2D eigenvalue weighted by molar-refractivity contribution is 0.503. The summed E-state index contributed by atoms with van der Waals surface area (Å²) in [5.41, 5.74) is 10.7. The first kappa shape index (κ1) is 17.8. The van der Waals surface area contributed by atoms with Gasteiger partial charge < -0.3 is 10.6 Å². The molecule has 0 bridgehead atoms. The molecule has 29 heavy (non-hydrogen) atoms. The second kappa shape index (κ2) is 6.97. The van der Waals surface area contributed by atoms with E-state index in [4.69, 9.17) is 15.8 Å². The zero-order valence-corrected chi connectivity index (χ0v) is 16.7. The van der Waals surface area contributed by atoms with E-state index in [9.17, 15) is 0 Å². The van der Waals surface area contributed by atoms with E-state index in [0.29, 0.717) is 0 Å². The maximum absolute atomic E-state index is 6.16. The summed E-state index contributed by atoms with van der Waals surface area (Å²) >= 11 is 0. The van der Waals surface area contributed by atoms with Gasteiger partial charge in [0.2, 0.25) is 0 Å². The number of fused-ring (bicyclic) bond motifs is 1. The van der Waals surface area contributed by atoms with E-state index in [2.05, 4.69) is 27.1 Å². The molecule has 1 atom stereocenters. The van der Waals surface area contributed by atoms with Gasteiger partial charge in [-0.15, -0.1) is 0 Å². The molecule has 4 aromatic rings. The standard InChI is InChI=1S/C21H24N8/c1-27-12-14(10-24-27)18-9-16-19(11-23-18)28(2)26-21(16)17-6-3-7-20(25-17)29-8-4-5-15(22)13-29/h3,6-7,9-12,15H,4-5,8,13,22H2,1-2H3/t15-/m0/s1. The number of nitrogens with zero attached hydrogens (tertiary/aromatic N) is 7. The van der Waals surface area contributed by atoms with Crippen molar-refractivity contribution in [3.63, 3.8) is 0 Å². The second-order valence-corrected chi connectivity index (χ2v) is 7.69. The molecule has 1 aliphatic heterocycles. The largest absolute Gasteiger partial charge is 0.355 e. The summed E-state index contributed by atoms with van der Waals surface area (Å²) in [4.78, 5) is 11.8. The number of piperidine rings is 1. The van der Waals surface area contributed by atoms with Gasteiger partial charge in [0, 0.05) is 50.4 Å². The van der Waals surface area contributed by atoms with Crippen LogP contribution in [0.25, 0.3) is 33.5 Å². The summed E-state index contributed by atoms with van der Waals surface area (Å²) < 4.78 is 3.63. The van der Waals surface area contributed by atoms with Gasteiger partial charge in [-0.25, -0.2) is 4.98 Å². The molecule has 4 aromatic heterocycles. The van der Waals surface area contributed by atoms with Gasteiger partial charge in [0.15, 0.2) is 0 Å². The van der Waals surface area contributed by atoms with E-state index in [0.717, 1.165) is 65.3 Å². The van der Waals surface area contributed by atoms with E-state index in [1.165, 1.54) is 0 Å². The van der Waals surface area contributed by atoms with Crippen molar-refractivity contribution in [2.75, 3.05) is 18.0 Å². The Balaban J connectivity index is 1.58. The average molecular weight is 388 g/mol. The molecule has 1 saturated heterocycles. The van der Waals surface area contributed by atoms with Crippen LogP contribution in [0.1, 0.15) is 12.8 Å². The topological polar surface area (TPSA) is 90.7 Å². The number of aryl methyl sites for hydroxylation is 2. The first-order valence-corrected chi connectivity index (χ1v) is 9.88. The first-order chi connectivity index (χ1) is 14.1. The van der Waals surface area contributed by atoms with Crippen molar-refractivity contribution >= 4 is 16.7 Å². The van der Waals surface area contributed by atoms with Crippen LogP contribution >= 0.6 is 0 Å². The quantitative estimate of drug-likeness (QED) is 0.579. The van der Waals surface area contributed by atoms with E-state index in [1.54, 1.807) is 4.68 Å². The molecule has 0 aromatic carbocycles. The fourth-order valence-electron chi connectivity index (χ4n) is 4.00. The Morgan fingerprint density at radius 1 is 1.14 bits per heavy atom. The summed E-state index contributed by atoms with van der Waals surface area (Å²) in [6.07, 6.45) is 7.82. The van der Waals surface area contributed by atoms with Gasteiger partial charge in [-0.3, -0.25) is 14.3 Å². The van der Waals surface area contributed by atoms with Crippen LogP contribution in [0.2, 0.25) is 0 Å². The fraction of sp³-hybridized carbons (Fsp3) is 0.333. The van der Waals surface area contributed by atoms with Crippen molar-refractivity contribution in [3.05, 3.63) is 42.9 Å². The molecule has 0 spiro atoms. The molecule has 0 amide bonds.